The number of halogens is 3. The highest BCUT2D eigenvalue weighted by Crippen LogP contribution is 2.31. The number of benzene rings is 3. The molecule has 0 bridgehead atoms. The molecule has 4 rings (SSSR count). The van der Waals surface area contributed by atoms with Gasteiger partial charge in [0.25, 0.3) is 5.91 Å². The van der Waals surface area contributed by atoms with Crippen LogP contribution in [-0.2, 0) is 0 Å². The van der Waals surface area contributed by atoms with E-state index in [2.05, 4.69) is 10.3 Å². The molecule has 4 aromatic rings. The first-order valence-corrected chi connectivity index (χ1v) is 8.68. The van der Waals surface area contributed by atoms with Crippen LogP contribution in [0.25, 0.3) is 22.6 Å². The predicted octanol–water partition coefficient (Wildman–Crippen LogP) is 6.19. The third-order valence-corrected chi connectivity index (χ3v) is 4.48. The van der Waals surface area contributed by atoms with E-state index in [1.807, 2.05) is 0 Å². The van der Waals surface area contributed by atoms with Gasteiger partial charge in [-0.1, -0.05) is 23.2 Å². The van der Waals surface area contributed by atoms with Gasteiger partial charge in [-0.25, -0.2) is 9.37 Å². The molecule has 0 saturated heterocycles. The maximum atomic E-state index is 13.2. The molecular weight excluding hydrogens is 390 g/mol. The summed E-state index contributed by atoms with van der Waals surface area (Å²) in [5.41, 5.74) is 2.60. The number of nitrogens with zero attached hydrogens (tertiary/aromatic N) is 1. The number of nitrogens with one attached hydrogen (secondary N) is 1. The fraction of sp³-hybridized carbons (Fsp3) is 0. The molecule has 27 heavy (non-hydrogen) atoms. The monoisotopic (exact) mass is 400 g/mol. The third kappa shape index (κ3) is 3.65. The highest BCUT2D eigenvalue weighted by Gasteiger charge is 2.13. The number of hydrogen-bond donors (Lipinski definition) is 1. The predicted molar refractivity (Wildman–Crippen MR) is 104 cm³/mol. The second-order valence-corrected chi connectivity index (χ2v) is 6.63. The molecule has 0 saturated carbocycles. The maximum Gasteiger partial charge on any atom is 0.255 e. The van der Waals surface area contributed by atoms with Gasteiger partial charge in [0.15, 0.2) is 5.58 Å². The van der Waals surface area contributed by atoms with Gasteiger partial charge in [-0.05, 0) is 60.7 Å². The van der Waals surface area contributed by atoms with Crippen molar-refractivity contribution < 1.29 is 13.6 Å². The Balaban J connectivity index is 1.62. The van der Waals surface area contributed by atoms with E-state index in [-0.39, 0.29) is 16.8 Å². The van der Waals surface area contributed by atoms with Gasteiger partial charge < -0.3 is 9.73 Å². The Labute approximate surface area is 163 Å². The summed E-state index contributed by atoms with van der Waals surface area (Å²) in [7, 11) is 0. The highest BCUT2D eigenvalue weighted by molar-refractivity contribution is 6.33. The summed E-state index contributed by atoms with van der Waals surface area (Å²) in [6, 6.07) is 15.7. The van der Waals surface area contributed by atoms with Gasteiger partial charge in [-0.15, -0.1) is 0 Å². The van der Waals surface area contributed by atoms with Crippen LogP contribution in [0.4, 0.5) is 10.1 Å². The SMILES string of the molecule is O=C(Nc1ccc2oc(-c3ccc(F)cc3Cl)nc2c1)c1ccc(Cl)cc1. The van der Waals surface area contributed by atoms with E-state index < -0.39 is 5.82 Å². The van der Waals surface area contributed by atoms with E-state index >= 15 is 0 Å². The number of fused-ring (bicyclic) bond motifs is 1. The molecule has 0 radical (unpaired) electrons. The minimum Gasteiger partial charge on any atom is -0.436 e. The van der Waals surface area contributed by atoms with Crippen LogP contribution in [0, 0.1) is 5.82 Å². The van der Waals surface area contributed by atoms with Crippen molar-refractivity contribution in [1.29, 1.82) is 0 Å². The van der Waals surface area contributed by atoms with Gasteiger partial charge in [-0.2, -0.15) is 0 Å². The topological polar surface area (TPSA) is 55.1 Å². The van der Waals surface area contributed by atoms with Crippen molar-refractivity contribution in [3.8, 4) is 11.5 Å². The van der Waals surface area contributed by atoms with Crippen molar-refractivity contribution in [1.82, 2.24) is 4.98 Å². The Morgan fingerprint density at radius 3 is 2.52 bits per heavy atom. The normalized spacial score (nSPS) is 10.9. The minimum atomic E-state index is -0.438. The lowest BCUT2D eigenvalue weighted by atomic mass is 10.2. The first-order chi connectivity index (χ1) is 13.0. The van der Waals surface area contributed by atoms with Crippen molar-refractivity contribution in [3.63, 3.8) is 0 Å². The largest absolute Gasteiger partial charge is 0.436 e. The number of anilines is 1. The van der Waals surface area contributed by atoms with Gasteiger partial charge in [-0.3, -0.25) is 4.79 Å². The Bertz CT molecular complexity index is 1160. The third-order valence-electron chi connectivity index (χ3n) is 3.91. The molecule has 3 aromatic carbocycles. The molecule has 0 unspecified atom stereocenters. The van der Waals surface area contributed by atoms with E-state index in [0.717, 1.165) is 0 Å². The number of carbonyl (C=O) groups excluding carboxylic acids is 1. The van der Waals surface area contributed by atoms with Crippen LogP contribution in [0.3, 0.4) is 0 Å². The molecule has 0 aliphatic rings. The van der Waals surface area contributed by atoms with Crippen LogP contribution in [0.2, 0.25) is 10.0 Å². The van der Waals surface area contributed by atoms with Gasteiger partial charge in [0.2, 0.25) is 5.89 Å². The van der Waals surface area contributed by atoms with Crippen LogP contribution >= 0.6 is 23.2 Å². The number of rotatable bonds is 3. The van der Waals surface area contributed by atoms with Crippen molar-refractivity contribution >= 4 is 45.9 Å². The first kappa shape index (κ1) is 17.5. The molecule has 4 nitrogen and oxygen atoms in total. The van der Waals surface area contributed by atoms with Gasteiger partial charge in [0.1, 0.15) is 11.3 Å². The molecule has 7 heteroatoms. The molecule has 0 fully saturated rings. The van der Waals surface area contributed by atoms with E-state index in [1.54, 1.807) is 42.5 Å². The van der Waals surface area contributed by atoms with Crippen molar-refractivity contribution in [2.75, 3.05) is 5.32 Å². The Morgan fingerprint density at radius 1 is 1.00 bits per heavy atom. The maximum absolute atomic E-state index is 13.2. The second-order valence-electron chi connectivity index (χ2n) is 5.79. The van der Waals surface area contributed by atoms with E-state index in [9.17, 15) is 9.18 Å². The summed E-state index contributed by atoms with van der Waals surface area (Å²) < 4.78 is 18.9. The lowest BCUT2D eigenvalue weighted by molar-refractivity contribution is 0.102. The van der Waals surface area contributed by atoms with Crippen molar-refractivity contribution in [2.24, 2.45) is 0 Å². The average Bonchev–Trinajstić information content (AvgIpc) is 3.05. The van der Waals surface area contributed by atoms with Gasteiger partial charge >= 0.3 is 0 Å². The molecular formula is C20H11Cl2FN2O2. The average molecular weight is 401 g/mol. The zero-order valence-electron chi connectivity index (χ0n) is 13.7. The molecule has 1 heterocycles. The Morgan fingerprint density at radius 2 is 1.78 bits per heavy atom. The molecule has 0 aliphatic heterocycles. The van der Waals surface area contributed by atoms with E-state index in [1.165, 1.54) is 18.2 Å². The lowest BCUT2D eigenvalue weighted by Crippen LogP contribution is -2.11. The Hall–Kier alpha value is -2.89. The zero-order valence-corrected chi connectivity index (χ0v) is 15.2. The van der Waals surface area contributed by atoms with Crippen LogP contribution in [0.15, 0.2) is 65.1 Å². The summed E-state index contributed by atoms with van der Waals surface area (Å²) in [6.07, 6.45) is 0. The summed E-state index contributed by atoms with van der Waals surface area (Å²) >= 11 is 11.9. The molecule has 1 aromatic heterocycles. The van der Waals surface area contributed by atoms with Gasteiger partial charge in [0, 0.05) is 16.3 Å². The second kappa shape index (κ2) is 7.02. The number of carbonyl (C=O) groups is 1. The fourth-order valence-corrected chi connectivity index (χ4v) is 2.96. The summed E-state index contributed by atoms with van der Waals surface area (Å²) in [4.78, 5) is 16.7. The first-order valence-electron chi connectivity index (χ1n) is 7.92. The number of oxazole rings is 1. The quantitative estimate of drug-likeness (QED) is 0.445. The van der Waals surface area contributed by atoms with Crippen LogP contribution < -0.4 is 5.32 Å². The molecule has 1 N–H and O–H groups in total. The molecule has 0 atom stereocenters. The Kier molecular flexibility index (Phi) is 4.56. The highest BCUT2D eigenvalue weighted by atomic mass is 35.5. The summed E-state index contributed by atoms with van der Waals surface area (Å²) in [5, 5.41) is 3.56. The van der Waals surface area contributed by atoms with Gasteiger partial charge in [0.05, 0.1) is 10.6 Å². The van der Waals surface area contributed by atoms with Crippen molar-refractivity contribution in [2.45, 2.75) is 0 Å². The summed E-state index contributed by atoms with van der Waals surface area (Å²) in [6.45, 7) is 0. The van der Waals surface area contributed by atoms with Crippen LogP contribution in [-0.4, -0.2) is 10.9 Å². The lowest BCUT2D eigenvalue weighted by Gasteiger charge is -2.05. The smallest absolute Gasteiger partial charge is 0.255 e. The summed E-state index contributed by atoms with van der Waals surface area (Å²) in [5.74, 6) is -0.431. The fourth-order valence-electron chi connectivity index (χ4n) is 2.59. The van der Waals surface area contributed by atoms with Crippen molar-refractivity contribution in [3.05, 3.63) is 82.1 Å². The van der Waals surface area contributed by atoms with Crippen LogP contribution in [0.5, 0.6) is 0 Å². The molecule has 0 aliphatic carbocycles. The molecule has 0 spiro atoms. The van der Waals surface area contributed by atoms with E-state index in [4.69, 9.17) is 27.6 Å². The van der Waals surface area contributed by atoms with Crippen LogP contribution in [0.1, 0.15) is 10.4 Å². The number of amides is 1. The standard InChI is InChI=1S/C20H11Cl2FN2O2/c21-12-3-1-11(2-4-12)19(26)24-14-6-8-18-17(10-14)25-20(27-18)15-7-5-13(23)9-16(15)22/h1-10H,(H,24,26). The zero-order chi connectivity index (χ0) is 19.0. The number of aromatic nitrogens is 1. The molecule has 1 amide bonds. The van der Waals surface area contributed by atoms with E-state index in [0.29, 0.717) is 32.9 Å². The minimum absolute atomic E-state index is 0.206. The molecule has 134 valence electrons. The number of hydrogen-bond acceptors (Lipinski definition) is 3.